The van der Waals surface area contributed by atoms with Crippen LogP contribution in [0.25, 0.3) is 0 Å². The Morgan fingerprint density at radius 3 is 2.56 bits per heavy atom. The van der Waals surface area contributed by atoms with Crippen LogP contribution in [0.2, 0.25) is 10.0 Å². The van der Waals surface area contributed by atoms with Crippen LogP contribution in [0.3, 0.4) is 0 Å². The van der Waals surface area contributed by atoms with Crippen molar-refractivity contribution in [3.05, 3.63) is 87.8 Å². The molecular weight excluding hydrogens is 390 g/mol. The van der Waals surface area contributed by atoms with Crippen molar-refractivity contribution in [2.45, 2.75) is 13.0 Å². The van der Waals surface area contributed by atoms with Crippen molar-refractivity contribution in [2.24, 2.45) is 0 Å². The number of hydrogen-bond acceptors (Lipinski definition) is 3. The molecule has 138 valence electrons. The Bertz CT molecular complexity index is 947. The molecule has 0 saturated heterocycles. The second-order valence-corrected chi connectivity index (χ2v) is 6.69. The van der Waals surface area contributed by atoms with Gasteiger partial charge in [0.15, 0.2) is 0 Å². The maximum absolute atomic E-state index is 13.5. The molecule has 3 rings (SSSR count). The van der Waals surface area contributed by atoms with Crippen LogP contribution in [0, 0.1) is 5.82 Å². The summed E-state index contributed by atoms with van der Waals surface area (Å²) in [5.41, 5.74) is 1.07. The zero-order valence-electron chi connectivity index (χ0n) is 14.2. The number of carbonyl (C=O) groups excluding carboxylic acids is 1. The number of pyridine rings is 1. The molecule has 0 aliphatic heterocycles. The van der Waals surface area contributed by atoms with E-state index >= 15 is 0 Å². The first-order chi connectivity index (χ1) is 12.9. The van der Waals surface area contributed by atoms with E-state index in [9.17, 15) is 9.18 Å². The number of nitrogens with one attached hydrogen (secondary N) is 1. The van der Waals surface area contributed by atoms with Crippen molar-refractivity contribution in [3.8, 4) is 11.6 Å². The third-order valence-corrected chi connectivity index (χ3v) is 4.19. The number of hydrogen-bond donors (Lipinski definition) is 1. The van der Waals surface area contributed by atoms with Crippen LogP contribution in [-0.4, -0.2) is 10.9 Å². The second kappa shape index (κ2) is 8.37. The van der Waals surface area contributed by atoms with Crippen LogP contribution >= 0.6 is 23.2 Å². The fourth-order valence-electron chi connectivity index (χ4n) is 2.47. The maximum Gasteiger partial charge on any atom is 0.257 e. The topological polar surface area (TPSA) is 51.2 Å². The zero-order chi connectivity index (χ0) is 19.4. The Kier molecular flexibility index (Phi) is 5.94. The summed E-state index contributed by atoms with van der Waals surface area (Å²) in [6.07, 6.45) is 1.34. The van der Waals surface area contributed by atoms with Gasteiger partial charge in [-0.3, -0.25) is 4.79 Å². The Labute approximate surface area is 165 Å². The Balaban J connectivity index is 1.86. The lowest BCUT2D eigenvalue weighted by Gasteiger charge is -2.16. The quantitative estimate of drug-likeness (QED) is 0.583. The number of benzene rings is 2. The minimum absolute atomic E-state index is 0.00108. The highest BCUT2D eigenvalue weighted by Gasteiger charge is 2.18. The molecule has 1 N–H and O–H groups in total. The number of nitrogens with zero attached hydrogens (tertiary/aromatic N) is 1. The van der Waals surface area contributed by atoms with E-state index in [-0.39, 0.29) is 33.3 Å². The Morgan fingerprint density at radius 1 is 1.11 bits per heavy atom. The third-order valence-electron chi connectivity index (χ3n) is 3.76. The van der Waals surface area contributed by atoms with Crippen molar-refractivity contribution < 1.29 is 13.9 Å². The average molecular weight is 405 g/mol. The lowest BCUT2D eigenvalue weighted by Crippen LogP contribution is -2.27. The van der Waals surface area contributed by atoms with E-state index in [1.165, 1.54) is 18.3 Å². The maximum atomic E-state index is 13.5. The molecule has 3 aromatic rings. The molecule has 0 fully saturated rings. The lowest BCUT2D eigenvalue weighted by molar-refractivity contribution is 0.0937. The minimum Gasteiger partial charge on any atom is -0.438 e. The number of carbonyl (C=O) groups is 1. The van der Waals surface area contributed by atoms with Crippen LogP contribution < -0.4 is 10.1 Å². The molecule has 0 radical (unpaired) electrons. The van der Waals surface area contributed by atoms with Crippen LogP contribution in [0.5, 0.6) is 11.6 Å². The molecule has 0 saturated carbocycles. The minimum atomic E-state index is -0.560. The zero-order valence-corrected chi connectivity index (χ0v) is 15.8. The molecule has 1 amide bonds. The van der Waals surface area contributed by atoms with Gasteiger partial charge in [-0.05, 0) is 30.7 Å². The van der Waals surface area contributed by atoms with Gasteiger partial charge in [0.05, 0.1) is 11.1 Å². The van der Waals surface area contributed by atoms with Crippen molar-refractivity contribution in [1.29, 1.82) is 0 Å². The molecule has 0 aliphatic rings. The summed E-state index contributed by atoms with van der Waals surface area (Å²) in [5, 5.41) is 3.32. The van der Waals surface area contributed by atoms with Gasteiger partial charge in [-0.15, -0.1) is 0 Å². The molecule has 0 bridgehead atoms. The normalized spacial score (nSPS) is 11.7. The highest BCUT2D eigenvalue weighted by molar-refractivity contribution is 6.31. The van der Waals surface area contributed by atoms with Gasteiger partial charge < -0.3 is 10.1 Å². The summed E-state index contributed by atoms with van der Waals surface area (Å²) < 4.78 is 19.1. The van der Waals surface area contributed by atoms with Crippen molar-refractivity contribution in [1.82, 2.24) is 10.3 Å². The van der Waals surface area contributed by atoms with E-state index in [0.717, 1.165) is 17.7 Å². The van der Waals surface area contributed by atoms with E-state index in [1.54, 1.807) is 0 Å². The summed E-state index contributed by atoms with van der Waals surface area (Å²) in [4.78, 5) is 16.8. The molecule has 4 nitrogen and oxygen atoms in total. The standard InChI is InChI=1S/C20H15Cl2FN2O2/c1-12(13-5-3-2-4-6-13)25-19(26)18-9-15(22)11-24-20(18)27-17-8-14(21)7-16(23)10-17/h2-12H,1H3,(H,25,26)/t12-/m0/s1. The van der Waals surface area contributed by atoms with Crippen LogP contribution in [-0.2, 0) is 0 Å². The number of halogens is 3. The Hall–Kier alpha value is -2.63. The fraction of sp³-hybridized carbons (Fsp3) is 0.100. The van der Waals surface area contributed by atoms with E-state index in [0.29, 0.717) is 0 Å². The predicted molar refractivity (Wildman–Crippen MR) is 103 cm³/mol. The summed E-state index contributed by atoms with van der Waals surface area (Å²) in [6, 6.07) is 14.4. The molecule has 1 heterocycles. The van der Waals surface area contributed by atoms with Gasteiger partial charge in [-0.2, -0.15) is 0 Å². The van der Waals surface area contributed by atoms with Gasteiger partial charge in [-0.25, -0.2) is 9.37 Å². The van der Waals surface area contributed by atoms with Crippen molar-refractivity contribution in [2.75, 3.05) is 0 Å². The highest BCUT2D eigenvalue weighted by Crippen LogP contribution is 2.28. The van der Waals surface area contributed by atoms with Gasteiger partial charge in [0.1, 0.15) is 17.1 Å². The molecule has 1 aromatic heterocycles. The molecule has 0 spiro atoms. The lowest BCUT2D eigenvalue weighted by atomic mass is 10.1. The first-order valence-corrected chi connectivity index (χ1v) is 8.83. The fourth-order valence-corrected chi connectivity index (χ4v) is 2.84. The smallest absolute Gasteiger partial charge is 0.257 e. The summed E-state index contributed by atoms with van der Waals surface area (Å²) >= 11 is 11.8. The highest BCUT2D eigenvalue weighted by atomic mass is 35.5. The monoisotopic (exact) mass is 404 g/mol. The second-order valence-electron chi connectivity index (χ2n) is 5.82. The third kappa shape index (κ3) is 4.96. The van der Waals surface area contributed by atoms with Gasteiger partial charge in [0.25, 0.3) is 5.91 Å². The number of aromatic nitrogens is 1. The molecule has 2 aromatic carbocycles. The number of ether oxygens (including phenoxy) is 1. The van der Waals surface area contributed by atoms with Gasteiger partial charge in [0.2, 0.25) is 5.88 Å². The van der Waals surface area contributed by atoms with E-state index in [1.807, 2.05) is 37.3 Å². The van der Waals surface area contributed by atoms with E-state index in [2.05, 4.69) is 10.3 Å². The van der Waals surface area contributed by atoms with Gasteiger partial charge in [0, 0.05) is 17.3 Å². The Morgan fingerprint density at radius 2 is 1.85 bits per heavy atom. The molecule has 7 heteroatoms. The summed E-state index contributed by atoms with van der Waals surface area (Å²) in [7, 11) is 0. The van der Waals surface area contributed by atoms with Crippen molar-refractivity contribution in [3.63, 3.8) is 0 Å². The van der Waals surface area contributed by atoms with E-state index in [4.69, 9.17) is 27.9 Å². The van der Waals surface area contributed by atoms with Crippen LogP contribution in [0.4, 0.5) is 4.39 Å². The molecule has 0 unspecified atom stereocenters. The van der Waals surface area contributed by atoms with Crippen LogP contribution in [0.15, 0.2) is 60.8 Å². The van der Waals surface area contributed by atoms with E-state index < -0.39 is 11.7 Å². The molecule has 0 aliphatic carbocycles. The molecule has 27 heavy (non-hydrogen) atoms. The SMILES string of the molecule is C[C@H](NC(=O)c1cc(Cl)cnc1Oc1cc(F)cc(Cl)c1)c1ccccc1. The van der Waals surface area contributed by atoms with Crippen molar-refractivity contribution >= 4 is 29.1 Å². The summed E-state index contributed by atoms with van der Waals surface area (Å²) in [6.45, 7) is 1.86. The molecular formula is C20H15Cl2FN2O2. The first-order valence-electron chi connectivity index (χ1n) is 8.07. The largest absolute Gasteiger partial charge is 0.438 e. The average Bonchev–Trinajstić information content (AvgIpc) is 2.63. The first kappa shape index (κ1) is 19.1. The molecule has 1 atom stereocenters. The van der Waals surface area contributed by atoms with Crippen LogP contribution in [0.1, 0.15) is 28.9 Å². The number of rotatable bonds is 5. The van der Waals surface area contributed by atoms with Gasteiger partial charge in [-0.1, -0.05) is 53.5 Å². The predicted octanol–water partition coefficient (Wildman–Crippen LogP) is 5.81. The summed E-state index contributed by atoms with van der Waals surface area (Å²) in [5.74, 6) is -0.854. The number of amides is 1. The van der Waals surface area contributed by atoms with Gasteiger partial charge >= 0.3 is 0 Å².